The van der Waals surface area contributed by atoms with E-state index < -0.39 is 0 Å². The molecule has 0 saturated carbocycles. The van der Waals surface area contributed by atoms with E-state index in [0.717, 1.165) is 48.9 Å². The minimum absolute atomic E-state index is 0.121. The number of aryl methyl sites for hydroxylation is 1. The van der Waals surface area contributed by atoms with Crippen LogP contribution in [0.25, 0.3) is 0 Å². The Morgan fingerprint density at radius 3 is 2.88 bits per heavy atom. The summed E-state index contributed by atoms with van der Waals surface area (Å²) in [6.07, 6.45) is 4.73. The zero-order chi connectivity index (χ0) is 16.8. The molecule has 0 bridgehead atoms. The van der Waals surface area contributed by atoms with Gasteiger partial charge in [-0.05, 0) is 44.5 Å². The van der Waals surface area contributed by atoms with Crippen LogP contribution in [0.3, 0.4) is 0 Å². The number of aromatic nitrogens is 2. The van der Waals surface area contributed by atoms with Crippen molar-refractivity contribution >= 4 is 23.1 Å². The van der Waals surface area contributed by atoms with E-state index >= 15 is 0 Å². The highest BCUT2D eigenvalue weighted by Gasteiger charge is 2.13. The third-order valence-corrected chi connectivity index (χ3v) is 4.98. The van der Waals surface area contributed by atoms with Crippen LogP contribution in [0.4, 0.5) is 5.82 Å². The lowest BCUT2D eigenvalue weighted by molar-refractivity contribution is 0.0950. The summed E-state index contributed by atoms with van der Waals surface area (Å²) in [6.45, 7) is 4.60. The van der Waals surface area contributed by atoms with Crippen LogP contribution >= 0.6 is 11.3 Å². The number of nitrogens with zero attached hydrogens (tertiary/aromatic N) is 2. The highest BCUT2D eigenvalue weighted by atomic mass is 32.1. The standard InChI is InChI=1S/C17H23N5OS/c1-2-13-11-24-16(22-13)10-20-17(23)12-3-4-15(19-9-12)21-14-5-7-18-8-6-14/h3-4,9,11,14,18H,2,5-8,10H2,1H3,(H,19,21)(H,20,23). The van der Waals surface area contributed by atoms with Crippen molar-refractivity contribution in [3.63, 3.8) is 0 Å². The summed E-state index contributed by atoms with van der Waals surface area (Å²) >= 11 is 1.58. The van der Waals surface area contributed by atoms with Crippen LogP contribution in [0, 0.1) is 0 Å². The first-order valence-electron chi connectivity index (χ1n) is 8.39. The predicted molar refractivity (Wildman–Crippen MR) is 96.4 cm³/mol. The van der Waals surface area contributed by atoms with Gasteiger partial charge in [0, 0.05) is 17.6 Å². The lowest BCUT2D eigenvalue weighted by Crippen LogP contribution is -2.35. The van der Waals surface area contributed by atoms with E-state index in [2.05, 4.69) is 32.8 Å². The average molecular weight is 345 g/mol. The Hall–Kier alpha value is -1.99. The van der Waals surface area contributed by atoms with E-state index in [0.29, 0.717) is 18.2 Å². The first-order chi connectivity index (χ1) is 11.7. The molecule has 3 rings (SSSR count). The third kappa shape index (κ3) is 4.52. The normalized spacial score (nSPS) is 15.2. The molecular weight excluding hydrogens is 322 g/mol. The fourth-order valence-electron chi connectivity index (χ4n) is 2.64. The van der Waals surface area contributed by atoms with Gasteiger partial charge < -0.3 is 16.0 Å². The van der Waals surface area contributed by atoms with Crippen LogP contribution in [0.2, 0.25) is 0 Å². The van der Waals surface area contributed by atoms with Crippen molar-refractivity contribution in [2.75, 3.05) is 18.4 Å². The number of carbonyl (C=O) groups is 1. The largest absolute Gasteiger partial charge is 0.367 e. The molecule has 1 fully saturated rings. The summed E-state index contributed by atoms with van der Waals surface area (Å²) in [6, 6.07) is 4.14. The number of carbonyl (C=O) groups excluding carboxylic acids is 1. The number of hydrogen-bond donors (Lipinski definition) is 3. The number of piperidine rings is 1. The maximum Gasteiger partial charge on any atom is 0.253 e. The Labute approximate surface area is 146 Å². The molecule has 1 aliphatic heterocycles. The van der Waals surface area contributed by atoms with Gasteiger partial charge in [-0.3, -0.25) is 4.79 Å². The van der Waals surface area contributed by atoms with Gasteiger partial charge in [0.2, 0.25) is 0 Å². The van der Waals surface area contributed by atoms with Gasteiger partial charge in [-0.2, -0.15) is 0 Å². The summed E-state index contributed by atoms with van der Waals surface area (Å²) in [7, 11) is 0. The average Bonchev–Trinajstić information content (AvgIpc) is 3.09. The molecule has 0 spiro atoms. The molecular formula is C17H23N5OS. The van der Waals surface area contributed by atoms with Crippen molar-refractivity contribution in [2.45, 2.75) is 38.8 Å². The van der Waals surface area contributed by atoms with Gasteiger partial charge in [0.1, 0.15) is 10.8 Å². The lowest BCUT2D eigenvalue weighted by atomic mass is 10.1. The summed E-state index contributed by atoms with van der Waals surface area (Å²) in [5.74, 6) is 0.704. The SMILES string of the molecule is CCc1csc(CNC(=O)c2ccc(NC3CCNCC3)nc2)n1. The molecule has 1 aliphatic rings. The molecule has 128 valence electrons. The van der Waals surface area contributed by atoms with Crippen molar-refractivity contribution < 1.29 is 4.79 Å². The lowest BCUT2D eigenvalue weighted by Gasteiger charge is -2.24. The van der Waals surface area contributed by atoms with Crippen molar-refractivity contribution in [3.05, 3.63) is 40.0 Å². The molecule has 3 heterocycles. The molecule has 3 N–H and O–H groups in total. The Kier molecular flexibility index (Phi) is 5.77. The van der Waals surface area contributed by atoms with Gasteiger partial charge in [0.05, 0.1) is 17.8 Å². The molecule has 7 heteroatoms. The highest BCUT2D eigenvalue weighted by Crippen LogP contribution is 2.13. The second-order valence-corrected chi connectivity index (χ2v) is 6.81. The number of thiazole rings is 1. The van der Waals surface area contributed by atoms with E-state index in [-0.39, 0.29) is 5.91 Å². The van der Waals surface area contributed by atoms with Crippen LogP contribution in [-0.4, -0.2) is 35.0 Å². The van der Waals surface area contributed by atoms with Crippen LogP contribution in [-0.2, 0) is 13.0 Å². The first-order valence-corrected chi connectivity index (χ1v) is 9.27. The summed E-state index contributed by atoms with van der Waals surface area (Å²) in [5, 5.41) is 12.6. The monoisotopic (exact) mass is 345 g/mol. The molecule has 0 unspecified atom stereocenters. The summed E-state index contributed by atoms with van der Waals surface area (Å²) in [5.41, 5.74) is 1.64. The van der Waals surface area contributed by atoms with E-state index in [1.165, 1.54) is 0 Å². The molecule has 0 aromatic carbocycles. The molecule has 1 saturated heterocycles. The van der Waals surface area contributed by atoms with E-state index in [1.54, 1.807) is 17.5 Å². The van der Waals surface area contributed by atoms with Crippen molar-refractivity contribution in [1.82, 2.24) is 20.6 Å². The van der Waals surface area contributed by atoms with Crippen LogP contribution in [0.15, 0.2) is 23.7 Å². The molecule has 2 aromatic heterocycles. The number of rotatable bonds is 6. The molecule has 0 radical (unpaired) electrons. The van der Waals surface area contributed by atoms with Gasteiger partial charge >= 0.3 is 0 Å². The van der Waals surface area contributed by atoms with Gasteiger partial charge in [-0.15, -0.1) is 11.3 Å². The molecule has 0 atom stereocenters. The summed E-state index contributed by atoms with van der Waals surface area (Å²) < 4.78 is 0. The smallest absolute Gasteiger partial charge is 0.253 e. The second-order valence-electron chi connectivity index (χ2n) is 5.87. The Bertz CT molecular complexity index is 664. The molecule has 6 nitrogen and oxygen atoms in total. The van der Waals surface area contributed by atoms with Crippen LogP contribution in [0.5, 0.6) is 0 Å². The topological polar surface area (TPSA) is 78.9 Å². The minimum Gasteiger partial charge on any atom is -0.367 e. The minimum atomic E-state index is -0.121. The second kappa shape index (κ2) is 8.21. The maximum atomic E-state index is 12.2. The van der Waals surface area contributed by atoms with Crippen LogP contribution < -0.4 is 16.0 Å². The Balaban J connectivity index is 1.51. The third-order valence-electron chi connectivity index (χ3n) is 4.08. The van der Waals surface area contributed by atoms with E-state index in [1.807, 2.05) is 17.5 Å². The van der Waals surface area contributed by atoms with E-state index in [9.17, 15) is 4.79 Å². The van der Waals surface area contributed by atoms with Crippen molar-refractivity contribution in [2.24, 2.45) is 0 Å². The zero-order valence-electron chi connectivity index (χ0n) is 13.8. The summed E-state index contributed by atoms with van der Waals surface area (Å²) in [4.78, 5) is 21.0. The molecule has 2 aromatic rings. The number of hydrogen-bond acceptors (Lipinski definition) is 6. The fourth-order valence-corrected chi connectivity index (χ4v) is 3.46. The van der Waals surface area contributed by atoms with Crippen molar-refractivity contribution in [1.29, 1.82) is 0 Å². The van der Waals surface area contributed by atoms with Crippen LogP contribution in [0.1, 0.15) is 40.8 Å². The zero-order valence-corrected chi connectivity index (χ0v) is 14.7. The first kappa shape index (κ1) is 16.9. The predicted octanol–water partition coefficient (Wildman–Crippen LogP) is 2.19. The van der Waals surface area contributed by atoms with Gasteiger partial charge in [0.25, 0.3) is 5.91 Å². The number of anilines is 1. The molecule has 0 aliphatic carbocycles. The van der Waals surface area contributed by atoms with Crippen molar-refractivity contribution in [3.8, 4) is 0 Å². The Morgan fingerprint density at radius 1 is 1.38 bits per heavy atom. The highest BCUT2D eigenvalue weighted by molar-refractivity contribution is 7.09. The van der Waals surface area contributed by atoms with E-state index in [4.69, 9.17) is 0 Å². The quantitative estimate of drug-likeness (QED) is 0.748. The fraction of sp³-hybridized carbons (Fsp3) is 0.471. The Morgan fingerprint density at radius 2 is 2.21 bits per heavy atom. The number of pyridine rings is 1. The van der Waals surface area contributed by atoms with Gasteiger partial charge in [0.15, 0.2) is 0 Å². The molecule has 1 amide bonds. The maximum absolute atomic E-state index is 12.2. The van der Waals surface area contributed by atoms with Gasteiger partial charge in [-0.25, -0.2) is 9.97 Å². The number of nitrogens with one attached hydrogen (secondary N) is 3. The van der Waals surface area contributed by atoms with Gasteiger partial charge in [-0.1, -0.05) is 6.92 Å². The molecule has 24 heavy (non-hydrogen) atoms. The number of amides is 1.